The summed E-state index contributed by atoms with van der Waals surface area (Å²) in [5, 5.41) is 0. The van der Waals surface area contributed by atoms with E-state index in [2.05, 4.69) is 35.0 Å². The molecule has 0 aromatic carbocycles. The summed E-state index contributed by atoms with van der Waals surface area (Å²) in [7, 11) is 4.12. The summed E-state index contributed by atoms with van der Waals surface area (Å²) >= 11 is 0. The van der Waals surface area contributed by atoms with Gasteiger partial charge < -0.3 is 4.90 Å². The summed E-state index contributed by atoms with van der Waals surface area (Å²) in [6, 6.07) is 2.64. The Balaban J connectivity index is 0. The molecule has 0 aromatic rings. The minimum absolute atomic E-state index is 0. The van der Waals surface area contributed by atoms with Gasteiger partial charge in [0.25, 0.3) is 0 Å². The molecule has 0 N–H and O–H groups in total. The molecule has 0 saturated carbocycles. The fraction of sp³-hybridized carbons (Fsp3) is 0.875. The number of nitrogens with zero attached hydrogens (tertiary/aromatic N) is 3. The predicted octanol–water partition coefficient (Wildman–Crippen LogP) is 1.38. The maximum atomic E-state index is 3.99. The van der Waals surface area contributed by atoms with E-state index >= 15 is 0 Å². The van der Waals surface area contributed by atoms with Crippen LogP contribution in [-0.2, 0) is 0 Å². The van der Waals surface area contributed by atoms with Gasteiger partial charge in [0, 0.05) is 7.97 Å². The summed E-state index contributed by atoms with van der Waals surface area (Å²) in [6.07, 6.45) is 1.08. The van der Waals surface area contributed by atoms with Gasteiger partial charge in [0.15, 0.2) is 0 Å². The third kappa shape index (κ3) is 9.34. The number of hydrogen-bond donors (Lipinski definition) is 0. The van der Waals surface area contributed by atoms with Crippen molar-refractivity contribution in [2.24, 2.45) is 9.98 Å². The zero-order chi connectivity index (χ0) is 8.53. The topological polar surface area (TPSA) is 28.0 Å². The molecule has 0 amide bonds. The number of rotatable bonds is 5. The van der Waals surface area contributed by atoms with Crippen LogP contribution in [0.15, 0.2) is 9.98 Å². The minimum Gasteiger partial charge on any atom is -0.309 e. The van der Waals surface area contributed by atoms with Crippen LogP contribution in [0.4, 0.5) is 0 Å². The van der Waals surface area contributed by atoms with E-state index in [-0.39, 0.29) is 1.43 Å². The van der Waals surface area contributed by atoms with Crippen LogP contribution in [0.5, 0.6) is 0 Å². The Morgan fingerprint density at radius 3 is 2.64 bits per heavy atom. The van der Waals surface area contributed by atoms with Crippen molar-refractivity contribution in [2.75, 3.05) is 33.7 Å². The first kappa shape index (κ1) is 10.3. The van der Waals surface area contributed by atoms with Crippen LogP contribution >= 0.6 is 0 Å². The van der Waals surface area contributed by atoms with Gasteiger partial charge >= 0.3 is 0 Å². The summed E-state index contributed by atoms with van der Waals surface area (Å²) in [5.41, 5.74) is 0. The van der Waals surface area contributed by atoms with Crippen molar-refractivity contribution in [1.29, 1.82) is 0 Å². The second-order valence-corrected chi connectivity index (χ2v) is 2.61. The van der Waals surface area contributed by atoms with Crippen LogP contribution in [0.3, 0.4) is 0 Å². The van der Waals surface area contributed by atoms with Crippen LogP contribution in [0, 0.1) is 0 Å². The first-order valence-electron chi connectivity index (χ1n) is 4.00. The Morgan fingerprint density at radius 1 is 1.36 bits per heavy atom. The van der Waals surface area contributed by atoms with Crippen molar-refractivity contribution < 1.29 is 1.43 Å². The first-order chi connectivity index (χ1) is 5.27. The molecule has 0 atom stereocenters. The van der Waals surface area contributed by atoms with Gasteiger partial charge in [-0.1, -0.05) is 0 Å². The van der Waals surface area contributed by atoms with E-state index in [9.17, 15) is 0 Å². The molecule has 3 nitrogen and oxygen atoms in total. The fourth-order valence-electron chi connectivity index (χ4n) is 0.637. The Hall–Kier alpha value is -0.660. The van der Waals surface area contributed by atoms with Crippen LogP contribution in [0.25, 0.3) is 0 Å². The average molecular weight is 157 g/mol. The van der Waals surface area contributed by atoms with E-state index in [1.165, 1.54) is 0 Å². The third-order valence-corrected chi connectivity index (χ3v) is 1.17. The Labute approximate surface area is 70.3 Å². The molecule has 0 aliphatic heterocycles. The summed E-state index contributed by atoms with van der Waals surface area (Å²) in [4.78, 5) is 9.99. The Morgan fingerprint density at radius 2 is 2.09 bits per heavy atom. The first-order valence-corrected chi connectivity index (χ1v) is 4.00. The van der Waals surface area contributed by atoms with Gasteiger partial charge in [-0.15, -0.1) is 0 Å². The van der Waals surface area contributed by atoms with E-state index in [0.29, 0.717) is 0 Å². The number of aliphatic imine (C=N–C) groups is 2. The van der Waals surface area contributed by atoms with Gasteiger partial charge in [-0.2, -0.15) is 0 Å². The van der Waals surface area contributed by atoms with Gasteiger partial charge in [-0.05, 0) is 34.0 Å². The lowest BCUT2D eigenvalue weighted by atomic mass is 10.4. The fourth-order valence-corrected chi connectivity index (χ4v) is 0.637. The Bertz CT molecular complexity index is 139. The van der Waals surface area contributed by atoms with Crippen molar-refractivity contribution in [3.05, 3.63) is 0 Å². The predicted molar refractivity (Wildman–Crippen MR) is 50.6 cm³/mol. The minimum atomic E-state index is 0. The zero-order valence-electron chi connectivity index (χ0n) is 7.67. The molecule has 0 heterocycles. The quantitative estimate of drug-likeness (QED) is 0.437. The van der Waals surface area contributed by atoms with Crippen molar-refractivity contribution in [3.63, 3.8) is 0 Å². The van der Waals surface area contributed by atoms with E-state index in [0.717, 1.165) is 26.1 Å². The molecule has 0 bridgehead atoms. The average Bonchev–Trinajstić information content (AvgIpc) is 1.96. The lowest BCUT2D eigenvalue weighted by Crippen LogP contribution is -2.13. The third-order valence-electron chi connectivity index (χ3n) is 1.17. The van der Waals surface area contributed by atoms with Crippen LogP contribution in [0.2, 0.25) is 0 Å². The molecule has 0 saturated heterocycles. The molecule has 66 valence electrons. The molecular weight excluding hydrogens is 138 g/mol. The summed E-state index contributed by atoms with van der Waals surface area (Å²) < 4.78 is 0. The largest absolute Gasteiger partial charge is 0.309 e. The van der Waals surface area contributed by atoms with Crippen molar-refractivity contribution in [3.8, 4) is 0 Å². The SMILES string of the molecule is CCN=C=NCCCN(C)C.[HH]. The molecule has 0 rings (SSSR count). The van der Waals surface area contributed by atoms with Gasteiger partial charge in [0.1, 0.15) is 0 Å². The number of hydrogen-bond acceptors (Lipinski definition) is 3. The second-order valence-electron chi connectivity index (χ2n) is 2.61. The highest BCUT2D eigenvalue weighted by atomic mass is 15.0. The highest BCUT2D eigenvalue weighted by Crippen LogP contribution is 1.82. The van der Waals surface area contributed by atoms with Crippen LogP contribution < -0.4 is 0 Å². The molecule has 11 heavy (non-hydrogen) atoms. The second kappa shape index (κ2) is 7.45. The molecule has 0 radical (unpaired) electrons. The van der Waals surface area contributed by atoms with E-state index in [1.807, 2.05) is 6.92 Å². The van der Waals surface area contributed by atoms with Crippen LogP contribution in [-0.4, -0.2) is 44.6 Å². The zero-order valence-corrected chi connectivity index (χ0v) is 7.67. The molecular formula is C8H19N3. The van der Waals surface area contributed by atoms with Gasteiger partial charge in [0.05, 0.1) is 12.6 Å². The van der Waals surface area contributed by atoms with Gasteiger partial charge in [-0.3, -0.25) is 0 Å². The molecule has 0 aliphatic carbocycles. The van der Waals surface area contributed by atoms with Gasteiger partial charge in [0.2, 0.25) is 0 Å². The van der Waals surface area contributed by atoms with Crippen LogP contribution in [0.1, 0.15) is 14.8 Å². The van der Waals surface area contributed by atoms with Crippen molar-refractivity contribution in [2.45, 2.75) is 13.3 Å². The molecule has 0 unspecified atom stereocenters. The molecule has 0 spiro atoms. The Kier molecular flexibility index (Phi) is 7.00. The van der Waals surface area contributed by atoms with E-state index < -0.39 is 0 Å². The lowest BCUT2D eigenvalue weighted by molar-refractivity contribution is 0.403. The monoisotopic (exact) mass is 157 g/mol. The standard InChI is InChI=1S/C8H17N3.H2/c1-4-9-8-10-6-5-7-11(2)3;/h4-7H2,1-3H3;1H. The molecule has 0 fully saturated rings. The maximum absolute atomic E-state index is 3.99. The van der Waals surface area contributed by atoms with E-state index in [4.69, 9.17) is 0 Å². The molecule has 0 aliphatic rings. The van der Waals surface area contributed by atoms with Crippen molar-refractivity contribution in [1.82, 2.24) is 4.90 Å². The maximum Gasteiger partial charge on any atom is 0.0892 e. The summed E-state index contributed by atoms with van der Waals surface area (Å²) in [5.74, 6) is 0. The molecule has 3 heteroatoms. The summed E-state index contributed by atoms with van der Waals surface area (Å²) in [6.45, 7) is 4.67. The highest BCUT2D eigenvalue weighted by molar-refractivity contribution is 5.40. The van der Waals surface area contributed by atoms with Gasteiger partial charge in [-0.25, -0.2) is 9.98 Å². The normalized spacial score (nSPS) is 9.45. The molecule has 0 aromatic heterocycles. The lowest BCUT2D eigenvalue weighted by Gasteiger charge is -2.05. The highest BCUT2D eigenvalue weighted by Gasteiger charge is 1.86. The van der Waals surface area contributed by atoms with E-state index in [1.54, 1.807) is 0 Å². The smallest absolute Gasteiger partial charge is 0.0892 e. The van der Waals surface area contributed by atoms with Crippen molar-refractivity contribution >= 4 is 6.01 Å².